The molecule has 0 aromatic heterocycles. The molecule has 0 aliphatic heterocycles. The zero-order valence-electron chi connectivity index (χ0n) is 13.8. The Hall–Kier alpha value is -1.71. The Kier molecular flexibility index (Phi) is 7.06. The molecular weight excluding hydrogens is 266 g/mol. The summed E-state index contributed by atoms with van der Waals surface area (Å²) >= 11 is 0. The maximum Gasteiger partial charge on any atom is 0.254 e. The SMILES string of the molecule is CCCCN(C(=O)c1cc(OC)cc(OC)c1)C(C)CC. The fourth-order valence-corrected chi connectivity index (χ4v) is 2.17. The van der Waals surface area contributed by atoms with Gasteiger partial charge in [-0.05, 0) is 31.9 Å². The quantitative estimate of drug-likeness (QED) is 0.733. The van der Waals surface area contributed by atoms with Gasteiger partial charge >= 0.3 is 0 Å². The van der Waals surface area contributed by atoms with E-state index in [1.165, 1.54) is 0 Å². The van der Waals surface area contributed by atoms with Crippen LogP contribution in [0.2, 0.25) is 0 Å². The molecule has 0 aliphatic rings. The molecule has 4 nitrogen and oxygen atoms in total. The molecule has 0 fully saturated rings. The maximum absolute atomic E-state index is 12.8. The van der Waals surface area contributed by atoms with Gasteiger partial charge in [0.05, 0.1) is 14.2 Å². The van der Waals surface area contributed by atoms with Gasteiger partial charge in [0.25, 0.3) is 5.91 Å². The molecule has 0 aliphatic carbocycles. The van der Waals surface area contributed by atoms with Gasteiger partial charge in [-0.25, -0.2) is 0 Å². The molecule has 0 N–H and O–H groups in total. The summed E-state index contributed by atoms with van der Waals surface area (Å²) in [5.74, 6) is 1.31. The van der Waals surface area contributed by atoms with Crippen LogP contribution >= 0.6 is 0 Å². The Morgan fingerprint density at radius 2 is 1.71 bits per heavy atom. The van der Waals surface area contributed by atoms with Gasteiger partial charge in [0.2, 0.25) is 0 Å². The molecule has 21 heavy (non-hydrogen) atoms. The standard InChI is InChI=1S/C17H27NO3/c1-6-8-9-18(13(3)7-2)17(19)14-10-15(20-4)12-16(11-14)21-5/h10-13H,6-9H2,1-5H3. The third-order valence-electron chi connectivity index (χ3n) is 3.73. The number of amides is 1. The van der Waals surface area contributed by atoms with E-state index in [1.807, 2.05) is 4.90 Å². The minimum Gasteiger partial charge on any atom is -0.497 e. The molecule has 0 spiro atoms. The highest BCUT2D eigenvalue weighted by molar-refractivity contribution is 5.95. The molecule has 1 aromatic carbocycles. The van der Waals surface area contributed by atoms with E-state index >= 15 is 0 Å². The summed E-state index contributed by atoms with van der Waals surface area (Å²) in [7, 11) is 3.18. The average Bonchev–Trinajstić information content (AvgIpc) is 2.53. The number of methoxy groups -OCH3 is 2. The van der Waals surface area contributed by atoms with Gasteiger partial charge in [0.15, 0.2) is 0 Å². The number of carbonyl (C=O) groups is 1. The van der Waals surface area contributed by atoms with Gasteiger partial charge < -0.3 is 14.4 Å². The predicted molar refractivity (Wildman–Crippen MR) is 85.2 cm³/mol. The van der Waals surface area contributed by atoms with Crippen molar-refractivity contribution < 1.29 is 14.3 Å². The normalized spacial score (nSPS) is 11.9. The summed E-state index contributed by atoms with van der Waals surface area (Å²) in [5.41, 5.74) is 0.614. The zero-order valence-corrected chi connectivity index (χ0v) is 13.8. The van der Waals surface area contributed by atoms with Crippen molar-refractivity contribution in [3.8, 4) is 11.5 Å². The van der Waals surface area contributed by atoms with Gasteiger partial charge in [0, 0.05) is 24.2 Å². The lowest BCUT2D eigenvalue weighted by atomic mass is 10.1. The molecule has 0 saturated heterocycles. The third-order valence-corrected chi connectivity index (χ3v) is 3.73. The van der Waals surface area contributed by atoms with Gasteiger partial charge in [-0.3, -0.25) is 4.79 Å². The molecule has 0 bridgehead atoms. The van der Waals surface area contributed by atoms with Gasteiger partial charge in [0.1, 0.15) is 11.5 Å². The second kappa shape index (κ2) is 8.55. The van der Waals surface area contributed by atoms with Crippen LogP contribution in [0.5, 0.6) is 11.5 Å². The number of unbranched alkanes of at least 4 members (excludes halogenated alkanes) is 1. The minimum atomic E-state index is 0.0370. The van der Waals surface area contributed by atoms with Crippen LogP contribution in [0.1, 0.15) is 50.4 Å². The first-order chi connectivity index (χ1) is 10.1. The number of benzene rings is 1. The topological polar surface area (TPSA) is 38.8 Å². The number of carbonyl (C=O) groups excluding carboxylic acids is 1. The largest absolute Gasteiger partial charge is 0.497 e. The molecule has 1 amide bonds. The van der Waals surface area contributed by atoms with Crippen molar-refractivity contribution in [3.05, 3.63) is 23.8 Å². The van der Waals surface area contributed by atoms with Crippen LogP contribution in [-0.4, -0.2) is 37.6 Å². The Morgan fingerprint density at radius 1 is 1.14 bits per heavy atom. The summed E-state index contributed by atoms with van der Waals surface area (Å²) in [6.45, 7) is 7.10. The number of rotatable bonds is 8. The summed E-state index contributed by atoms with van der Waals surface area (Å²) < 4.78 is 10.5. The van der Waals surface area contributed by atoms with Crippen molar-refractivity contribution in [2.24, 2.45) is 0 Å². The summed E-state index contributed by atoms with van der Waals surface area (Å²) in [5, 5.41) is 0. The van der Waals surface area contributed by atoms with Crippen molar-refractivity contribution in [1.29, 1.82) is 0 Å². The Labute approximate surface area is 128 Å². The van der Waals surface area contributed by atoms with Crippen LogP contribution in [0.15, 0.2) is 18.2 Å². The van der Waals surface area contributed by atoms with E-state index in [1.54, 1.807) is 32.4 Å². The van der Waals surface area contributed by atoms with Crippen LogP contribution < -0.4 is 9.47 Å². The first kappa shape index (κ1) is 17.3. The number of hydrogen-bond acceptors (Lipinski definition) is 3. The van der Waals surface area contributed by atoms with Gasteiger partial charge in [-0.1, -0.05) is 20.3 Å². The first-order valence-corrected chi connectivity index (χ1v) is 7.61. The van der Waals surface area contributed by atoms with Crippen LogP contribution in [0.3, 0.4) is 0 Å². The van der Waals surface area contributed by atoms with E-state index in [4.69, 9.17) is 9.47 Å². The van der Waals surface area contributed by atoms with E-state index in [-0.39, 0.29) is 11.9 Å². The fraction of sp³-hybridized carbons (Fsp3) is 0.588. The summed E-state index contributed by atoms with van der Waals surface area (Å²) in [6.07, 6.45) is 3.02. The lowest BCUT2D eigenvalue weighted by Crippen LogP contribution is -2.39. The molecule has 1 rings (SSSR count). The number of hydrogen-bond donors (Lipinski definition) is 0. The molecule has 0 radical (unpaired) electrons. The minimum absolute atomic E-state index is 0.0370. The first-order valence-electron chi connectivity index (χ1n) is 7.61. The third kappa shape index (κ3) is 4.66. The van der Waals surface area contributed by atoms with E-state index in [9.17, 15) is 4.79 Å². The smallest absolute Gasteiger partial charge is 0.254 e. The molecule has 118 valence electrons. The second-order valence-corrected chi connectivity index (χ2v) is 5.21. The van der Waals surface area contributed by atoms with Crippen molar-refractivity contribution in [3.63, 3.8) is 0 Å². The van der Waals surface area contributed by atoms with E-state index in [0.29, 0.717) is 17.1 Å². The van der Waals surface area contributed by atoms with Crippen LogP contribution in [-0.2, 0) is 0 Å². The molecule has 0 heterocycles. The second-order valence-electron chi connectivity index (χ2n) is 5.21. The monoisotopic (exact) mass is 293 g/mol. The number of ether oxygens (including phenoxy) is 2. The molecule has 0 saturated carbocycles. The van der Waals surface area contributed by atoms with E-state index in [0.717, 1.165) is 25.8 Å². The lowest BCUT2D eigenvalue weighted by molar-refractivity contribution is 0.0684. The van der Waals surface area contributed by atoms with Gasteiger partial charge in [-0.15, -0.1) is 0 Å². The Bertz CT molecular complexity index is 437. The maximum atomic E-state index is 12.8. The van der Waals surface area contributed by atoms with Crippen LogP contribution in [0.4, 0.5) is 0 Å². The molecule has 1 unspecified atom stereocenters. The number of nitrogens with zero attached hydrogens (tertiary/aromatic N) is 1. The van der Waals surface area contributed by atoms with Crippen molar-refractivity contribution >= 4 is 5.91 Å². The van der Waals surface area contributed by atoms with Crippen LogP contribution in [0.25, 0.3) is 0 Å². The van der Waals surface area contributed by atoms with Crippen LogP contribution in [0, 0.1) is 0 Å². The van der Waals surface area contributed by atoms with Crippen molar-refractivity contribution in [1.82, 2.24) is 4.90 Å². The average molecular weight is 293 g/mol. The highest BCUT2D eigenvalue weighted by atomic mass is 16.5. The summed E-state index contributed by atoms with van der Waals surface area (Å²) in [4.78, 5) is 14.7. The highest BCUT2D eigenvalue weighted by Crippen LogP contribution is 2.24. The highest BCUT2D eigenvalue weighted by Gasteiger charge is 2.21. The fourth-order valence-electron chi connectivity index (χ4n) is 2.17. The van der Waals surface area contributed by atoms with Gasteiger partial charge in [-0.2, -0.15) is 0 Å². The summed E-state index contributed by atoms with van der Waals surface area (Å²) in [6, 6.07) is 5.54. The Morgan fingerprint density at radius 3 is 2.14 bits per heavy atom. The lowest BCUT2D eigenvalue weighted by Gasteiger charge is -2.29. The molecule has 1 aromatic rings. The molecular formula is C17H27NO3. The molecule has 4 heteroatoms. The van der Waals surface area contributed by atoms with E-state index < -0.39 is 0 Å². The molecule has 1 atom stereocenters. The van der Waals surface area contributed by atoms with Crippen molar-refractivity contribution in [2.45, 2.75) is 46.1 Å². The Balaban J connectivity index is 3.06. The zero-order chi connectivity index (χ0) is 15.8. The van der Waals surface area contributed by atoms with E-state index in [2.05, 4.69) is 20.8 Å². The van der Waals surface area contributed by atoms with Crippen molar-refractivity contribution in [2.75, 3.05) is 20.8 Å². The predicted octanol–water partition coefficient (Wildman–Crippen LogP) is 3.74.